The van der Waals surface area contributed by atoms with Crippen LogP contribution in [0.3, 0.4) is 0 Å². The third kappa shape index (κ3) is 4.37. The second-order valence-electron chi connectivity index (χ2n) is 5.93. The van der Waals surface area contributed by atoms with Gasteiger partial charge in [-0.15, -0.1) is 0 Å². The van der Waals surface area contributed by atoms with Crippen molar-refractivity contribution in [3.63, 3.8) is 0 Å². The SMILES string of the molecule is C[C@@H]1CN(C(=O)NCCCOCC2CC2)C[C@H]1C(=O)O. The van der Waals surface area contributed by atoms with Crippen LogP contribution in [-0.2, 0) is 9.53 Å². The van der Waals surface area contributed by atoms with E-state index in [4.69, 9.17) is 9.84 Å². The molecule has 2 atom stereocenters. The van der Waals surface area contributed by atoms with Crippen molar-refractivity contribution in [2.45, 2.75) is 26.2 Å². The summed E-state index contributed by atoms with van der Waals surface area (Å²) >= 11 is 0. The Morgan fingerprint density at radius 1 is 1.35 bits per heavy atom. The van der Waals surface area contributed by atoms with Gasteiger partial charge in [0.15, 0.2) is 0 Å². The molecule has 0 spiro atoms. The normalized spacial score (nSPS) is 25.8. The zero-order chi connectivity index (χ0) is 14.5. The molecule has 114 valence electrons. The molecule has 1 aliphatic heterocycles. The van der Waals surface area contributed by atoms with Crippen molar-refractivity contribution in [3.05, 3.63) is 0 Å². The van der Waals surface area contributed by atoms with Crippen LogP contribution in [0, 0.1) is 17.8 Å². The number of aliphatic carboxylic acids is 1. The molecule has 1 saturated heterocycles. The van der Waals surface area contributed by atoms with Gasteiger partial charge < -0.3 is 20.1 Å². The number of carbonyl (C=O) groups excluding carboxylic acids is 1. The smallest absolute Gasteiger partial charge is 0.317 e. The number of carboxylic acids is 1. The van der Waals surface area contributed by atoms with Gasteiger partial charge in [-0.1, -0.05) is 6.92 Å². The van der Waals surface area contributed by atoms with Crippen LogP contribution in [0.1, 0.15) is 26.2 Å². The molecule has 2 rings (SSSR count). The Hall–Kier alpha value is -1.30. The summed E-state index contributed by atoms with van der Waals surface area (Å²) < 4.78 is 5.49. The number of nitrogens with zero attached hydrogens (tertiary/aromatic N) is 1. The van der Waals surface area contributed by atoms with E-state index in [9.17, 15) is 9.59 Å². The molecule has 2 aliphatic rings. The van der Waals surface area contributed by atoms with E-state index in [1.165, 1.54) is 12.8 Å². The Kier molecular flexibility index (Phi) is 5.23. The van der Waals surface area contributed by atoms with Gasteiger partial charge in [-0.2, -0.15) is 0 Å². The number of nitrogens with one attached hydrogen (secondary N) is 1. The minimum absolute atomic E-state index is 0.0140. The molecule has 2 amide bonds. The lowest BCUT2D eigenvalue weighted by atomic mass is 9.99. The van der Waals surface area contributed by atoms with Crippen LogP contribution in [-0.4, -0.2) is 54.9 Å². The number of amides is 2. The number of ether oxygens (including phenoxy) is 1. The first-order valence-electron chi connectivity index (χ1n) is 7.41. The monoisotopic (exact) mass is 284 g/mol. The van der Waals surface area contributed by atoms with Crippen LogP contribution < -0.4 is 5.32 Å². The quantitative estimate of drug-likeness (QED) is 0.688. The van der Waals surface area contributed by atoms with Crippen LogP contribution in [0.5, 0.6) is 0 Å². The predicted molar refractivity (Wildman–Crippen MR) is 73.4 cm³/mol. The Labute approximate surface area is 119 Å². The molecular weight excluding hydrogens is 260 g/mol. The summed E-state index contributed by atoms with van der Waals surface area (Å²) in [6.45, 7) is 4.79. The largest absolute Gasteiger partial charge is 0.481 e. The molecule has 6 heteroatoms. The average Bonchev–Trinajstić information content (AvgIpc) is 3.14. The fraction of sp³-hybridized carbons (Fsp3) is 0.857. The molecule has 2 fully saturated rings. The summed E-state index contributed by atoms with van der Waals surface area (Å²) in [5.41, 5.74) is 0. The van der Waals surface area contributed by atoms with E-state index < -0.39 is 11.9 Å². The first kappa shape index (κ1) is 15.1. The van der Waals surface area contributed by atoms with E-state index in [0.717, 1.165) is 18.9 Å². The molecule has 0 aromatic rings. The van der Waals surface area contributed by atoms with Gasteiger partial charge in [-0.25, -0.2) is 4.79 Å². The van der Waals surface area contributed by atoms with Gasteiger partial charge in [0.05, 0.1) is 5.92 Å². The fourth-order valence-corrected chi connectivity index (χ4v) is 2.47. The molecule has 0 aromatic carbocycles. The number of likely N-dealkylation sites (tertiary alicyclic amines) is 1. The second kappa shape index (κ2) is 6.92. The lowest BCUT2D eigenvalue weighted by Gasteiger charge is -2.16. The fourth-order valence-electron chi connectivity index (χ4n) is 2.47. The van der Waals surface area contributed by atoms with Gasteiger partial charge in [0, 0.05) is 32.8 Å². The van der Waals surface area contributed by atoms with Gasteiger partial charge in [-0.05, 0) is 31.1 Å². The summed E-state index contributed by atoms with van der Waals surface area (Å²) in [5, 5.41) is 11.9. The van der Waals surface area contributed by atoms with Crippen LogP contribution in [0.15, 0.2) is 0 Å². The summed E-state index contributed by atoms with van der Waals surface area (Å²) in [5.74, 6) is -0.479. The molecule has 0 aromatic heterocycles. The first-order valence-corrected chi connectivity index (χ1v) is 7.41. The molecule has 2 N–H and O–H groups in total. The van der Waals surface area contributed by atoms with Gasteiger partial charge in [-0.3, -0.25) is 4.79 Å². The Morgan fingerprint density at radius 2 is 2.10 bits per heavy atom. The second-order valence-corrected chi connectivity index (χ2v) is 5.93. The first-order chi connectivity index (χ1) is 9.58. The molecule has 1 aliphatic carbocycles. The van der Waals surface area contributed by atoms with E-state index in [-0.39, 0.29) is 11.9 Å². The lowest BCUT2D eigenvalue weighted by Crippen LogP contribution is -2.39. The predicted octanol–water partition coefficient (Wildman–Crippen LogP) is 1.17. The van der Waals surface area contributed by atoms with Gasteiger partial charge in [0.2, 0.25) is 0 Å². The molecule has 0 bridgehead atoms. The third-order valence-corrected chi connectivity index (χ3v) is 4.01. The molecule has 6 nitrogen and oxygen atoms in total. The maximum Gasteiger partial charge on any atom is 0.317 e. The number of carboxylic acid groups (broad SMARTS) is 1. The van der Waals surface area contributed by atoms with Crippen LogP contribution in [0.4, 0.5) is 4.79 Å². The highest BCUT2D eigenvalue weighted by molar-refractivity contribution is 5.77. The maximum atomic E-state index is 11.9. The molecule has 0 radical (unpaired) electrons. The number of hydrogen-bond acceptors (Lipinski definition) is 3. The van der Waals surface area contributed by atoms with Crippen molar-refractivity contribution >= 4 is 12.0 Å². The zero-order valence-electron chi connectivity index (χ0n) is 12.0. The lowest BCUT2D eigenvalue weighted by molar-refractivity contribution is -0.142. The molecule has 0 unspecified atom stereocenters. The van der Waals surface area contributed by atoms with Crippen molar-refractivity contribution in [1.29, 1.82) is 0 Å². The van der Waals surface area contributed by atoms with Crippen molar-refractivity contribution in [1.82, 2.24) is 10.2 Å². The van der Waals surface area contributed by atoms with Gasteiger partial charge >= 0.3 is 12.0 Å². The highest BCUT2D eigenvalue weighted by Gasteiger charge is 2.36. The van der Waals surface area contributed by atoms with Crippen LogP contribution in [0.2, 0.25) is 0 Å². The van der Waals surface area contributed by atoms with Crippen LogP contribution in [0.25, 0.3) is 0 Å². The standard InChI is InChI=1S/C14H24N2O4/c1-10-7-16(8-12(10)13(17)18)14(19)15-5-2-6-20-9-11-3-4-11/h10-12H,2-9H2,1H3,(H,15,19)(H,17,18)/t10-,12-/m1/s1. The summed E-state index contributed by atoms with van der Waals surface area (Å²) in [4.78, 5) is 24.5. The Morgan fingerprint density at radius 3 is 2.70 bits per heavy atom. The summed E-state index contributed by atoms with van der Waals surface area (Å²) in [6.07, 6.45) is 3.37. The van der Waals surface area contributed by atoms with Crippen molar-refractivity contribution < 1.29 is 19.4 Å². The van der Waals surface area contributed by atoms with E-state index in [2.05, 4.69) is 5.32 Å². The van der Waals surface area contributed by atoms with E-state index in [0.29, 0.717) is 26.2 Å². The number of carbonyl (C=O) groups is 2. The van der Waals surface area contributed by atoms with Crippen molar-refractivity contribution in [3.8, 4) is 0 Å². The average molecular weight is 284 g/mol. The van der Waals surface area contributed by atoms with E-state index in [1.807, 2.05) is 6.92 Å². The van der Waals surface area contributed by atoms with Crippen LogP contribution >= 0.6 is 0 Å². The molecular formula is C14H24N2O4. The summed E-state index contributed by atoms with van der Waals surface area (Å²) in [7, 11) is 0. The number of urea groups is 1. The van der Waals surface area contributed by atoms with Gasteiger partial charge in [0.25, 0.3) is 0 Å². The minimum Gasteiger partial charge on any atom is -0.481 e. The maximum absolute atomic E-state index is 11.9. The molecule has 1 heterocycles. The van der Waals surface area contributed by atoms with E-state index >= 15 is 0 Å². The topological polar surface area (TPSA) is 78.9 Å². The highest BCUT2D eigenvalue weighted by atomic mass is 16.5. The zero-order valence-corrected chi connectivity index (χ0v) is 12.0. The minimum atomic E-state index is -0.818. The van der Waals surface area contributed by atoms with E-state index in [1.54, 1.807) is 4.90 Å². The Balaban J connectivity index is 1.56. The van der Waals surface area contributed by atoms with Crippen molar-refractivity contribution in [2.75, 3.05) is 32.8 Å². The Bertz CT molecular complexity index is 357. The molecule has 20 heavy (non-hydrogen) atoms. The highest BCUT2D eigenvalue weighted by Crippen LogP contribution is 2.28. The van der Waals surface area contributed by atoms with Crippen molar-refractivity contribution in [2.24, 2.45) is 17.8 Å². The number of rotatable bonds is 7. The summed E-state index contributed by atoms with van der Waals surface area (Å²) in [6, 6.07) is -0.164. The third-order valence-electron chi connectivity index (χ3n) is 4.01. The van der Waals surface area contributed by atoms with Gasteiger partial charge in [0.1, 0.15) is 0 Å². The molecule has 1 saturated carbocycles. The number of hydrogen-bond donors (Lipinski definition) is 2.